The molecule has 6 aromatic carbocycles. The van der Waals surface area contributed by atoms with Crippen molar-refractivity contribution >= 4 is 0 Å². The third-order valence-corrected chi connectivity index (χ3v) is 9.45. The van der Waals surface area contributed by atoms with E-state index in [0.717, 1.165) is 63.2 Å². The number of aryl methyl sites for hydroxylation is 2. The van der Waals surface area contributed by atoms with Gasteiger partial charge in [0.1, 0.15) is 0 Å². The molecule has 12 heteroatoms. The van der Waals surface area contributed by atoms with E-state index in [2.05, 4.69) is 15.0 Å². The van der Waals surface area contributed by atoms with Crippen molar-refractivity contribution in [3.05, 3.63) is 168 Å². The topological polar surface area (TPSA) is 77.3 Å². The minimum absolute atomic E-state index is 0.0580. The fourth-order valence-electron chi connectivity index (χ4n) is 6.17. The monoisotopic (exact) mass is 780 g/mol. The molecule has 0 bridgehead atoms. The van der Waals surface area contributed by atoms with Gasteiger partial charge in [-0.3, -0.25) is 0 Å². The summed E-state index contributed by atoms with van der Waals surface area (Å²) in [6.45, 7) is 4.04. The summed E-state index contributed by atoms with van der Waals surface area (Å²) in [6, 6.07) is 39.8. The Morgan fingerprint density at radius 1 is 0.259 bits per heavy atom. The molecule has 0 aliphatic heterocycles. The number of aromatic nitrogens is 6. The first kappa shape index (κ1) is 37.8. The Labute approximate surface area is 329 Å². The summed E-state index contributed by atoms with van der Waals surface area (Å²) in [7, 11) is 0. The van der Waals surface area contributed by atoms with Crippen LogP contribution in [0, 0.1) is 13.8 Å². The van der Waals surface area contributed by atoms with E-state index in [0.29, 0.717) is 23.0 Å². The van der Waals surface area contributed by atoms with Gasteiger partial charge in [0, 0.05) is 33.4 Å². The second kappa shape index (κ2) is 15.1. The number of hydrogen-bond donors (Lipinski definition) is 0. The molecule has 0 amide bonds. The summed E-state index contributed by atoms with van der Waals surface area (Å²) in [5, 5.41) is 0. The summed E-state index contributed by atoms with van der Waals surface area (Å²) in [5.41, 5.74) is 5.97. The molecule has 0 spiro atoms. The maximum atomic E-state index is 13.3. The predicted octanol–water partition coefficient (Wildman–Crippen LogP) is 12.4. The van der Waals surface area contributed by atoms with Crippen LogP contribution in [0.5, 0.6) is 0 Å². The molecule has 0 fully saturated rings. The van der Waals surface area contributed by atoms with Crippen molar-refractivity contribution in [2.45, 2.75) is 26.2 Å². The van der Waals surface area contributed by atoms with Crippen molar-refractivity contribution in [3.8, 4) is 79.5 Å². The zero-order valence-electron chi connectivity index (χ0n) is 30.8. The molecule has 286 valence electrons. The molecule has 0 radical (unpaired) electrons. The van der Waals surface area contributed by atoms with Gasteiger partial charge in [-0.15, -0.1) is 0 Å². The molecule has 2 aromatic heterocycles. The molecule has 0 atom stereocenters. The number of rotatable bonds is 7. The summed E-state index contributed by atoms with van der Waals surface area (Å²) < 4.78 is 79.8. The quantitative estimate of drug-likeness (QED) is 0.150. The lowest BCUT2D eigenvalue weighted by Gasteiger charge is -2.11. The number of hydrogen-bond acceptors (Lipinski definition) is 6. The lowest BCUT2D eigenvalue weighted by atomic mass is 10.0. The molecule has 0 unspecified atom stereocenters. The van der Waals surface area contributed by atoms with Gasteiger partial charge < -0.3 is 0 Å². The van der Waals surface area contributed by atoms with Crippen molar-refractivity contribution in [1.82, 2.24) is 29.9 Å². The Kier molecular flexibility index (Phi) is 9.85. The number of halogens is 6. The summed E-state index contributed by atoms with van der Waals surface area (Å²) >= 11 is 0. The molecule has 0 aliphatic rings. The largest absolute Gasteiger partial charge is 0.416 e. The SMILES string of the molecule is Cc1ccc(-c2nc(-c3ccc(C)cc3)nc(-c3ccc(-c4ccc(-c5nc(-c6ccc(C(F)(F)F)cc6)nc(-c6ccc(C(F)(F)F)cc6)n5)cc4)cc3)n2)cc1. The Morgan fingerprint density at radius 3 is 0.638 bits per heavy atom. The predicted molar refractivity (Wildman–Crippen MR) is 211 cm³/mol. The van der Waals surface area contributed by atoms with Gasteiger partial charge in [0.25, 0.3) is 0 Å². The Hall–Kier alpha value is -7.08. The fourth-order valence-corrected chi connectivity index (χ4v) is 6.17. The zero-order chi connectivity index (χ0) is 40.6. The normalized spacial score (nSPS) is 11.8. The van der Waals surface area contributed by atoms with E-state index in [1.54, 1.807) is 12.1 Å². The second-order valence-corrected chi connectivity index (χ2v) is 13.6. The molecule has 0 saturated carbocycles. The smallest absolute Gasteiger partial charge is 0.208 e. The number of alkyl halides is 6. The number of nitrogens with zero attached hydrogens (tertiary/aromatic N) is 6. The standard InChI is InChI=1S/C46H30F6N6/c1-27-3-7-31(8-4-27)39-53-40(32-9-5-28(2)6-10-32)55-41(54-39)33-15-11-29(12-16-33)30-13-17-34(18-14-30)42-56-43(35-19-23-37(24-20-35)45(47,48)49)58-44(57-42)36-21-25-38(26-22-36)46(50,51)52/h3-26H,1-2H3. The van der Waals surface area contributed by atoms with Crippen molar-refractivity contribution < 1.29 is 26.3 Å². The highest BCUT2D eigenvalue weighted by Crippen LogP contribution is 2.34. The molecule has 2 heterocycles. The van der Waals surface area contributed by atoms with E-state index in [1.807, 2.05) is 98.8 Å². The van der Waals surface area contributed by atoms with Gasteiger partial charge in [0.05, 0.1) is 11.1 Å². The van der Waals surface area contributed by atoms with Crippen LogP contribution in [0.15, 0.2) is 146 Å². The van der Waals surface area contributed by atoms with Crippen LogP contribution in [0.25, 0.3) is 79.5 Å². The molecule has 0 aliphatic carbocycles. The van der Waals surface area contributed by atoms with Crippen molar-refractivity contribution in [2.75, 3.05) is 0 Å². The average molecular weight is 781 g/mol. The van der Waals surface area contributed by atoms with Crippen LogP contribution in [-0.4, -0.2) is 29.9 Å². The molecular weight excluding hydrogens is 751 g/mol. The van der Waals surface area contributed by atoms with E-state index in [-0.39, 0.29) is 28.6 Å². The van der Waals surface area contributed by atoms with Gasteiger partial charge >= 0.3 is 12.4 Å². The lowest BCUT2D eigenvalue weighted by molar-refractivity contribution is -0.138. The van der Waals surface area contributed by atoms with Crippen LogP contribution in [0.3, 0.4) is 0 Å². The van der Waals surface area contributed by atoms with Crippen LogP contribution < -0.4 is 0 Å². The first-order valence-electron chi connectivity index (χ1n) is 18.0. The molecule has 8 aromatic rings. The Morgan fingerprint density at radius 2 is 0.431 bits per heavy atom. The van der Waals surface area contributed by atoms with Crippen LogP contribution >= 0.6 is 0 Å². The highest BCUT2D eigenvalue weighted by Gasteiger charge is 2.31. The van der Waals surface area contributed by atoms with Crippen molar-refractivity contribution in [1.29, 1.82) is 0 Å². The minimum Gasteiger partial charge on any atom is -0.208 e. The van der Waals surface area contributed by atoms with Crippen molar-refractivity contribution in [3.63, 3.8) is 0 Å². The van der Waals surface area contributed by atoms with Crippen LogP contribution in [0.2, 0.25) is 0 Å². The third-order valence-electron chi connectivity index (χ3n) is 9.45. The maximum Gasteiger partial charge on any atom is 0.416 e. The van der Waals surface area contributed by atoms with Gasteiger partial charge in [0.15, 0.2) is 34.9 Å². The third kappa shape index (κ3) is 8.22. The second-order valence-electron chi connectivity index (χ2n) is 13.6. The molecule has 58 heavy (non-hydrogen) atoms. The van der Waals surface area contributed by atoms with E-state index >= 15 is 0 Å². The molecule has 8 rings (SSSR count). The van der Waals surface area contributed by atoms with Crippen molar-refractivity contribution in [2.24, 2.45) is 0 Å². The Balaban J connectivity index is 1.11. The average Bonchev–Trinajstić information content (AvgIpc) is 3.23. The highest BCUT2D eigenvalue weighted by atomic mass is 19.4. The summed E-state index contributed by atoms with van der Waals surface area (Å²) in [6.07, 6.45) is -9.08. The first-order valence-corrected chi connectivity index (χ1v) is 18.0. The molecule has 6 nitrogen and oxygen atoms in total. The highest BCUT2D eigenvalue weighted by molar-refractivity contribution is 5.73. The van der Waals surface area contributed by atoms with Gasteiger partial charge in [-0.25, -0.2) is 29.9 Å². The summed E-state index contributed by atoms with van der Waals surface area (Å²) in [4.78, 5) is 28.0. The first-order chi connectivity index (χ1) is 27.8. The Bertz CT molecular complexity index is 2570. The fraction of sp³-hybridized carbons (Fsp3) is 0.0870. The van der Waals surface area contributed by atoms with Gasteiger partial charge in [0.2, 0.25) is 0 Å². The lowest BCUT2D eigenvalue weighted by Crippen LogP contribution is -2.05. The molecule has 0 saturated heterocycles. The van der Waals surface area contributed by atoms with E-state index in [4.69, 9.17) is 15.0 Å². The molecular formula is C46H30F6N6. The molecule has 0 N–H and O–H groups in total. The van der Waals surface area contributed by atoms with E-state index in [9.17, 15) is 26.3 Å². The van der Waals surface area contributed by atoms with E-state index < -0.39 is 23.5 Å². The van der Waals surface area contributed by atoms with E-state index in [1.165, 1.54) is 24.3 Å². The minimum atomic E-state index is -4.54. The van der Waals surface area contributed by atoms with Gasteiger partial charge in [-0.2, -0.15) is 26.3 Å². The van der Waals surface area contributed by atoms with Crippen LogP contribution in [0.4, 0.5) is 26.3 Å². The maximum absolute atomic E-state index is 13.3. The number of benzene rings is 6. The van der Waals surface area contributed by atoms with Crippen LogP contribution in [-0.2, 0) is 12.4 Å². The van der Waals surface area contributed by atoms with Crippen LogP contribution in [0.1, 0.15) is 22.3 Å². The van der Waals surface area contributed by atoms with Gasteiger partial charge in [-0.1, -0.05) is 132 Å². The summed E-state index contributed by atoms with van der Waals surface area (Å²) in [5.74, 6) is 1.93. The van der Waals surface area contributed by atoms with Gasteiger partial charge in [-0.05, 0) is 49.2 Å². The zero-order valence-corrected chi connectivity index (χ0v) is 30.8.